The Morgan fingerprint density at radius 2 is 1.84 bits per heavy atom. The van der Waals surface area contributed by atoms with E-state index in [9.17, 15) is 13.2 Å². The van der Waals surface area contributed by atoms with E-state index < -0.39 is 10.0 Å². The van der Waals surface area contributed by atoms with Crippen molar-refractivity contribution in [2.24, 2.45) is 0 Å². The van der Waals surface area contributed by atoms with Crippen LogP contribution < -0.4 is 15.6 Å². The first kappa shape index (κ1) is 19.0. The molecule has 3 N–H and O–H groups in total. The Bertz CT molecular complexity index is 839. The molecule has 0 atom stereocenters. The molecule has 0 radical (unpaired) electrons. The third kappa shape index (κ3) is 7.38. The van der Waals surface area contributed by atoms with Crippen molar-refractivity contribution in [1.29, 1.82) is 0 Å². The van der Waals surface area contributed by atoms with E-state index in [1.54, 1.807) is 36.4 Å². The summed E-state index contributed by atoms with van der Waals surface area (Å²) in [5.74, 6) is -0.352. The molecule has 25 heavy (non-hydrogen) atoms. The Hall–Kier alpha value is -2.35. The summed E-state index contributed by atoms with van der Waals surface area (Å²) >= 11 is 5.83. The second kappa shape index (κ2) is 9.22. The van der Waals surface area contributed by atoms with Crippen molar-refractivity contribution in [3.8, 4) is 0 Å². The van der Waals surface area contributed by atoms with E-state index in [2.05, 4.69) is 15.6 Å². The molecule has 2 rings (SSSR count). The minimum Gasteiger partial charge on any atom is -0.299 e. The average Bonchev–Trinajstić information content (AvgIpc) is 2.59. The van der Waals surface area contributed by atoms with Gasteiger partial charge < -0.3 is 0 Å². The molecular weight excluding hydrogens is 362 g/mol. The van der Waals surface area contributed by atoms with Crippen LogP contribution in [0.2, 0.25) is 5.02 Å². The zero-order valence-corrected chi connectivity index (χ0v) is 14.8. The molecule has 0 aliphatic rings. The third-order valence-electron chi connectivity index (χ3n) is 3.07. The fraction of sp³-hybridized carbons (Fsp3) is 0.118. The zero-order chi connectivity index (χ0) is 18.1. The summed E-state index contributed by atoms with van der Waals surface area (Å²) in [6.07, 6.45) is 1.48. The van der Waals surface area contributed by atoms with Gasteiger partial charge in [-0.25, -0.2) is 13.1 Å². The molecule has 0 aliphatic heterocycles. The molecule has 0 unspecified atom stereocenters. The van der Waals surface area contributed by atoms with Gasteiger partial charge in [0.25, 0.3) is 0 Å². The highest BCUT2D eigenvalue weighted by Gasteiger charge is 2.07. The molecule has 0 bridgehead atoms. The smallest absolute Gasteiger partial charge is 0.239 e. The highest BCUT2D eigenvalue weighted by Crippen LogP contribution is 2.13. The van der Waals surface area contributed by atoms with E-state index in [-0.39, 0.29) is 18.9 Å². The maximum atomic E-state index is 11.8. The van der Waals surface area contributed by atoms with Crippen molar-refractivity contribution in [3.05, 3.63) is 70.6 Å². The van der Waals surface area contributed by atoms with Crippen molar-refractivity contribution < 1.29 is 13.2 Å². The molecule has 8 heteroatoms. The largest absolute Gasteiger partial charge is 0.299 e. The van der Waals surface area contributed by atoms with Gasteiger partial charge in [0, 0.05) is 23.4 Å². The minimum absolute atomic E-state index is 0.00796. The topological polar surface area (TPSA) is 87.3 Å². The zero-order valence-electron chi connectivity index (χ0n) is 13.3. The maximum absolute atomic E-state index is 11.8. The molecule has 2 aromatic carbocycles. The molecular formula is C17H18ClN3O3S. The number of nitrogens with one attached hydrogen (secondary N) is 3. The Balaban J connectivity index is 1.73. The first-order valence-electron chi connectivity index (χ1n) is 7.48. The van der Waals surface area contributed by atoms with Gasteiger partial charge in [0.2, 0.25) is 15.9 Å². The van der Waals surface area contributed by atoms with Gasteiger partial charge >= 0.3 is 0 Å². The standard InChI is InChI=1S/C17H18ClN3O3S/c18-15-7-4-8-16(13-15)20-21-17(22)9-11-19-25(23,24)12-10-14-5-2-1-3-6-14/h1-8,10,12-13,19-20H,9,11H2,(H,21,22)/b12-10-. The maximum Gasteiger partial charge on any atom is 0.239 e. The molecule has 2 aromatic rings. The number of sulfonamides is 1. The first-order chi connectivity index (χ1) is 11.9. The summed E-state index contributed by atoms with van der Waals surface area (Å²) in [5.41, 5.74) is 6.58. The fourth-order valence-electron chi connectivity index (χ4n) is 1.86. The van der Waals surface area contributed by atoms with Gasteiger partial charge in [-0.05, 0) is 29.8 Å². The number of carbonyl (C=O) groups is 1. The van der Waals surface area contributed by atoms with Gasteiger partial charge in [-0.15, -0.1) is 0 Å². The third-order valence-corrected chi connectivity index (χ3v) is 4.40. The monoisotopic (exact) mass is 379 g/mol. The van der Waals surface area contributed by atoms with E-state index in [1.807, 2.05) is 18.2 Å². The van der Waals surface area contributed by atoms with E-state index in [0.29, 0.717) is 10.7 Å². The number of hydrazine groups is 1. The summed E-state index contributed by atoms with van der Waals surface area (Å²) in [7, 11) is -3.60. The van der Waals surface area contributed by atoms with Crippen LogP contribution in [0.15, 0.2) is 60.0 Å². The van der Waals surface area contributed by atoms with Gasteiger partial charge in [0.1, 0.15) is 0 Å². The molecule has 0 heterocycles. The van der Waals surface area contributed by atoms with Crippen LogP contribution in [0.5, 0.6) is 0 Å². The fourth-order valence-corrected chi connectivity index (χ4v) is 2.87. The Kier molecular flexibility index (Phi) is 7.00. The van der Waals surface area contributed by atoms with Gasteiger partial charge in [-0.2, -0.15) is 0 Å². The Labute approximate surface area is 151 Å². The Morgan fingerprint density at radius 3 is 2.56 bits per heavy atom. The van der Waals surface area contributed by atoms with E-state index >= 15 is 0 Å². The molecule has 132 valence electrons. The molecule has 0 saturated heterocycles. The first-order valence-corrected chi connectivity index (χ1v) is 9.40. The summed E-state index contributed by atoms with van der Waals surface area (Å²) in [6, 6.07) is 15.9. The normalized spacial score (nSPS) is 11.4. The molecule has 0 aromatic heterocycles. The van der Waals surface area contributed by atoms with Crippen LogP contribution in [0, 0.1) is 0 Å². The SMILES string of the molecule is O=C(CCNS(=O)(=O)/C=C\c1ccccc1)NNc1cccc(Cl)c1. The predicted octanol–water partition coefficient (Wildman–Crippen LogP) is 2.76. The number of hydrogen-bond acceptors (Lipinski definition) is 4. The molecule has 0 spiro atoms. The lowest BCUT2D eigenvalue weighted by molar-refractivity contribution is -0.120. The van der Waals surface area contributed by atoms with Crippen LogP contribution in [0.25, 0.3) is 6.08 Å². The number of carbonyl (C=O) groups excluding carboxylic acids is 1. The van der Waals surface area contributed by atoms with Crippen molar-refractivity contribution in [2.45, 2.75) is 6.42 Å². The van der Waals surface area contributed by atoms with Crippen LogP contribution in [-0.2, 0) is 14.8 Å². The highest BCUT2D eigenvalue weighted by atomic mass is 35.5. The van der Waals surface area contributed by atoms with Crippen LogP contribution in [-0.4, -0.2) is 20.9 Å². The molecule has 1 amide bonds. The van der Waals surface area contributed by atoms with Crippen LogP contribution in [0.4, 0.5) is 5.69 Å². The Morgan fingerprint density at radius 1 is 1.08 bits per heavy atom. The van der Waals surface area contributed by atoms with Gasteiger partial charge in [-0.3, -0.25) is 15.6 Å². The van der Waals surface area contributed by atoms with Crippen molar-refractivity contribution in [3.63, 3.8) is 0 Å². The summed E-state index contributed by atoms with van der Waals surface area (Å²) in [6.45, 7) is -0.00940. The van der Waals surface area contributed by atoms with E-state index in [4.69, 9.17) is 11.6 Å². The number of benzene rings is 2. The summed E-state index contributed by atoms with van der Waals surface area (Å²) in [4.78, 5) is 11.7. The van der Waals surface area contributed by atoms with Crippen LogP contribution >= 0.6 is 11.6 Å². The van der Waals surface area contributed by atoms with E-state index in [1.165, 1.54) is 6.08 Å². The molecule has 6 nitrogen and oxygen atoms in total. The average molecular weight is 380 g/mol. The number of rotatable bonds is 8. The number of halogens is 1. The van der Waals surface area contributed by atoms with Gasteiger partial charge in [0.05, 0.1) is 5.69 Å². The van der Waals surface area contributed by atoms with E-state index in [0.717, 1.165) is 11.0 Å². The number of anilines is 1. The number of amides is 1. The van der Waals surface area contributed by atoms with Crippen LogP contribution in [0.3, 0.4) is 0 Å². The number of hydrogen-bond donors (Lipinski definition) is 3. The molecule has 0 aliphatic carbocycles. The highest BCUT2D eigenvalue weighted by molar-refractivity contribution is 7.92. The summed E-state index contributed by atoms with van der Waals surface area (Å²) in [5, 5.41) is 1.61. The van der Waals surface area contributed by atoms with Gasteiger partial charge in [0.15, 0.2) is 0 Å². The second-order valence-corrected chi connectivity index (χ2v) is 7.17. The molecule has 0 fully saturated rings. The predicted molar refractivity (Wildman–Crippen MR) is 100 cm³/mol. The van der Waals surface area contributed by atoms with Crippen molar-refractivity contribution in [1.82, 2.24) is 10.1 Å². The second-order valence-electron chi connectivity index (χ2n) is 5.09. The quantitative estimate of drug-likeness (QED) is 0.615. The van der Waals surface area contributed by atoms with Crippen LogP contribution in [0.1, 0.15) is 12.0 Å². The minimum atomic E-state index is -3.60. The van der Waals surface area contributed by atoms with Crippen molar-refractivity contribution >= 4 is 39.3 Å². The van der Waals surface area contributed by atoms with Crippen molar-refractivity contribution in [2.75, 3.05) is 12.0 Å². The lowest BCUT2D eigenvalue weighted by Crippen LogP contribution is -2.33. The lowest BCUT2D eigenvalue weighted by atomic mass is 10.2. The molecule has 0 saturated carbocycles. The summed E-state index contributed by atoms with van der Waals surface area (Å²) < 4.78 is 26.0. The lowest BCUT2D eigenvalue weighted by Gasteiger charge is -2.09. The van der Waals surface area contributed by atoms with Gasteiger partial charge in [-0.1, -0.05) is 48.0 Å².